The van der Waals surface area contributed by atoms with E-state index in [9.17, 15) is 9.59 Å². The fourth-order valence-electron chi connectivity index (χ4n) is 7.30. The fourth-order valence-corrected chi connectivity index (χ4v) is 7.30. The second-order valence-corrected chi connectivity index (χ2v) is 15.0. The molecule has 0 spiro atoms. The average Bonchev–Trinajstić information content (AvgIpc) is 3.07. The summed E-state index contributed by atoms with van der Waals surface area (Å²) in [7, 11) is 0. The number of carbonyl (C=O) groups excluding carboxylic acids is 2. The molecule has 0 atom stereocenters. The van der Waals surface area contributed by atoms with Crippen LogP contribution in [0.1, 0.15) is 251 Å². The van der Waals surface area contributed by atoms with Gasteiger partial charge in [-0.3, -0.25) is 9.59 Å². The molecule has 0 saturated heterocycles. The van der Waals surface area contributed by atoms with Crippen molar-refractivity contribution < 1.29 is 9.59 Å². The van der Waals surface area contributed by atoms with Gasteiger partial charge in [-0.15, -0.1) is 0 Å². The number of amides is 2. The van der Waals surface area contributed by atoms with Crippen LogP contribution in [0.4, 0.5) is 0 Å². The van der Waals surface area contributed by atoms with E-state index in [1.54, 1.807) is 6.07 Å². The lowest BCUT2D eigenvalue weighted by Crippen LogP contribution is -2.19. The molecular formula is C44H80N2O2. The smallest absolute Gasteiger partial charge is 0.249 e. The van der Waals surface area contributed by atoms with Crippen LogP contribution in [-0.4, -0.2) is 11.8 Å². The Morgan fingerprint density at radius 2 is 0.562 bits per heavy atom. The van der Waals surface area contributed by atoms with E-state index >= 15 is 0 Å². The van der Waals surface area contributed by atoms with Gasteiger partial charge >= 0.3 is 0 Å². The highest BCUT2D eigenvalue weighted by Gasteiger charge is 2.16. The number of rotatable bonds is 36. The molecule has 0 radical (unpaired) electrons. The molecule has 0 aliphatic rings. The van der Waals surface area contributed by atoms with Gasteiger partial charge in [0.1, 0.15) is 0 Å². The van der Waals surface area contributed by atoms with Gasteiger partial charge in [-0.2, -0.15) is 0 Å². The van der Waals surface area contributed by atoms with Crippen LogP contribution in [0.15, 0.2) is 12.1 Å². The molecule has 1 aromatic rings. The Morgan fingerprint density at radius 3 is 0.771 bits per heavy atom. The van der Waals surface area contributed by atoms with Crippen molar-refractivity contribution in [2.45, 2.75) is 232 Å². The van der Waals surface area contributed by atoms with Crippen LogP contribution < -0.4 is 11.5 Å². The van der Waals surface area contributed by atoms with E-state index in [4.69, 9.17) is 11.5 Å². The molecule has 0 aliphatic carbocycles. The van der Waals surface area contributed by atoms with Gasteiger partial charge in [0.15, 0.2) is 0 Å². The van der Waals surface area contributed by atoms with Crippen LogP contribution in [0.2, 0.25) is 0 Å². The molecule has 2 amide bonds. The number of carbonyl (C=O) groups is 2. The molecule has 0 unspecified atom stereocenters. The van der Waals surface area contributed by atoms with E-state index in [2.05, 4.69) is 19.9 Å². The predicted molar refractivity (Wildman–Crippen MR) is 210 cm³/mol. The first kappa shape index (κ1) is 44.2. The number of hydrogen-bond donors (Lipinski definition) is 2. The third kappa shape index (κ3) is 24.3. The molecule has 278 valence electrons. The molecule has 4 N–H and O–H groups in total. The summed E-state index contributed by atoms with van der Waals surface area (Å²) in [6, 6.07) is 3.74. The van der Waals surface area contributed by atoms with Crippen LogP contribution in [0, 0.1) is 0 Å². The number of hydrogen-bond acceptors (Lipinski definition) is 2. The lowest BCUT2D eigenvalue weighted by Gasteiger charge is -2.14. The van der Waals surface area contributed by atoms with Crippen molar-refractivity contribution in [1.29, 1.82) is 0 Å². The van der Waals surface area contributed by atoms with E-state index in [1.165, 1.54) is 193 Å². The number of aryl methyl sites for hydroxylation is 2. The van der Waals surface area contributed by atoms with Crippen molar-refractivity contribution in [3.63, 3.8) is 0 Å². The molecule has 0 aliphatic heterocycles. The minimum absolute atomic E-state index is 0.460. The van der Waals surface area contributed by atoms with Gasteiger partial charge in [0, 0.05) is 11.1 Å². The van der Waals surface area contributed by atoms with Gasteiger partial charge in [0.2, 0.25) is 11.8 Å². The summed E-state index contributed by atoms with van der Waals surface area (Å²) < 4.78 is 0. The lowest BCUT2D eigenvalue weighted by molar-refractivity contribution is 0.0998. The van der Waals surface area contributed by atoms with Gasteiger partial charge in [-0.25, -0.2) is 0 Å². The minimum atomic E-state index is -0.460. The first-order chi connectivity index (χ1) is 23.5. The topological polar surface area (TPSA) is 86.2 Å². The van der Waals surface area contributed by atoms with E-state index in [0.717, 1.165) is 36.8 Å². The summed E-state index contributed by atoms with van der Waals surface area (Å²) in [6.07, 6.45) is 44.7. The summed E-state index contributed by atoms with van der Waals surface area (Å²) in [6.45, 7) is 4.57. The lowest BCUT2D eigenvalue weighted by atomic mass is 9.91. The van der Waals surface area contributed by atoms with Gasteiger partial charge in [-0.1, -0.05) is 213 Å². The quantitative estimate of drug-likeness (QED) is 0.0697. The first-order valence-electron chi connectivity index (χ1n) is 21.3. The summed E-state index contributed by atoms with van der Waals surface area (Å²) in [5, 5.41) is 0. The Hall–Kier alpha value is -1.84. The molecule has 0 bridgehead atoms. The monoisotopic (exact) mass is 669 g/mol. The molecule has 0 saturated carbocycles. The van der Waals surface area contributed by atoms with Gasteiger partial charge in [-0.05, 0) is 42.9 Å². The van der Waals surface area contributed by atoms with Crippen molar-refractivity contribution in [1.82, 2.24) is 0 Å². The maximum absolute atomic E-state index is 12.3. The predicted octanol–water partition coefficient (Wildman–Crippen LogP) is 13.5. The average molecular weight is 669 g/mol. The van der Waals surface area contributed by atoms with Crippen LogP contribution in [0.25, 0.3) is 0 Å². The Labute approximate surface area is 298 Å². The van der Waals surface area contributed by atoms with E-state index < -0.39 is 11.8 Å². The molecule has 1 rings (SSSR count). The third-order valence-corrected chi connectivity index (χ3v) is 10.5. The molecule has 4 heteroatoms. The Kier molecular flexibility index (Phi) is 29.8. The standard InChI is InChI=1S/C44H80N2O2/c1-3-5-7-9-11-13-15-17-19-21-23-25-27-29-31-33-35-39-37-40(42(44(46)48)38-41(39)43(45)47)36-34-32-30-28-26-24-22-20-18-16-14-12-10-8-6-4-2/h37-38H,3-36H2,1-2H3,(H2,45,47)(H2,46,48). The third-order valence-electron chi connectivity index (χ3n) is 10.5. The zero-order chi connectivity index (χ0) is 34.9. The van der Waals surface area contributed by atoms with Crippen molar-refractivity contribution in [3.05, 3.63) is 34.4 Å². The van der Waals surface area contributed by atoms with Crippen LogP contribution in [-0.2, 0) is 12.8 Å². The zero-order valence-corrected chi connectivity index (χ0v) is 32.2. The summed E-state index contributed by atoms with van der Waals surface area (Å²) >= 11 is 0. The van der Waals surface area contributed by atoms with Crippen LogP contribution in [0.3, 0.4) is 0 Å². The molecule has 0 fully saturated rings. The van der Waals surface area contributed by atoms with Crippen molar-refractivity contribution >= 4 is 11.8 Å². The Balaban J connectivity index is 2.22. The largest absolute Gasteiger partial charge is 0.366 e. The highest BCUT2D eigenvalue weighted by Crippen LogP contribution is 2.23. The van der Waals surface area contributed by atoms with Gasteiger partial charge in [0.05, 0.1) is 0 Å². The molecule has 0 aromatic heterocycles. The summed E-state index contributed by atoms with van der Waals surface area (Å²) in [5.74, 6) is -0.920. The normalized spacial score (nSPS) is 11.4. The molecule has 1 aromatic carbocycles. The summed E-state index contributed by atoms with van der Waals surface area (Å²) in [5.41, 5.74) is 14.4. The molecule has 0 heterocycles. The zero-order valence-electron chi connectivity index (χ0n) is 32.2. The Bertz CT molecular complexity index is 842. The highest BCUT2D eigenvalue weighted by atomic mass is 16.1. The first-order valence-corrected chi connectivity index (χ1v) is 21.3. The van der Waals surface area contributed by atoms with Gasteiger partial charge < -0.3 is 11.5 Å². The highest BCUT2D eigenvalue weighted by molar-refractivity contribution is 6.00. The van der Waals surface area contributed by atoms with E-state index in [-0.39, 0.29) is 0 Å². The fraction of sp³-hybridized carbons (Fsp3) is 0.818. The van der Waals surface area contributed by atoms with E-state index in [0.29, 0.717) is 11.1 Å². The Morgan fingerprint density at radius 1 is 0.354 bits per heavy atom. The molecular weight excluding hydrogens is 588 g/mol. The number of unbranched alkanes of at least 4 members (excludes halogenated alkanes) is 30. The molecule has 48 heavy (non-hydrogen) atoms. The van der Waals surface area contributed by atoms with Gasteiger partial charge in [0.25, 0.3) is 0 Å². The summed E-state index contributed by atoms with van der Waals surface area (Å²) in [4.78, 5) is 24.5. The van der Waals surface area contributed by atoms with Crippen molar-refractivity contribution in [2.24, 2.45) is 11.5 Å². The van der Waals surface area contributed by atoms with E-state index in [1.807, 2.05) is 0 Å². The maximum atomic E-state index is 12.3. The molecule has 4 nitrogen and oxygen atoms in total. The number of primary amides is 2. The van der Waals surface area contributed by atoms with Crippen LogP contribution in [0.5, 0.6) is 0 Å². The van der Waals surface area contributed by atoms with Crippen molar-refractivity contribution in [3.8, 4) is 0 Å². The second kappa shape index (κ2) is 32.4. The minimum Gasteiger partial charge on any atom is -0.366 e. The maximum Gasteiger partial charge on any atom is 0.249 e. The SMILES string of the molecule is CCCCCCCCCCCCCCCCCCc1cc(CCCCCCCCCCCCCCCCCC)c(C(N)=O)cc1C(N)=O. The van der Waals surface area contributed by atoms with Crippen molar-refractivity contribution in [2.75, 3.05) is 0 Å². The second-order valence-electron chi connectivity index (χ2n) is 15.0. The number of nitrogens with two attached hydrogens (primary N) is 2. The van der Waals surface area contributed by atoms with Crippen LogP contribution >= 0.6 is 0 Å². The number of benzene rings is 1.